The molecule has 1 aliphatic rings. The zero-order chi connectivity index (χ0) is 21.6. The number of nitrogens with one attached hydrogen (secondary N) is 1. The Labute approximate surface area is 181 Å². The summed E-state index contributed by atoms with van der Waals surface area (Å²) in [4.78, 5) is 27.7. The van der Waals surface area contributed by atoms with Crippen LogP contribution in [-0.2, 0) is 11.3 Å². The van der Waals surface area contributed by atoms with Gasteiger partial charge in [-0.25, -0.2) is 9.20 Å². The first-order valence-corrected chi connectivity index (χ1v) is 11.2. The lowest BCUT2D eigenvalue weighted by molar-refractivity contribution is -0.121. The van der Waals surface area contributed by atoms with Crippen LogP contribution in [0.4, 0.5) is 0 Å². The van der Waals surface area contributed by atoms with Gasteiger partial charge in [0.2, 0.25) is 5.91 Å². The predicted octanol–water partition coefficient (Wildman–Crippen LogP) is 2.33. The fourth-order valence-corrected chi connectivity index (χ4v) is 4.32. The summed E-state index contributed by atoms with van der Waals surface area (Å²) in [5.41, 5.74) is 1.70. The molecule has 2 aromatic heterocycles. The highest BCUT2D eigenvalue weighted by Crippen LogP contribution is 2.19. The van der Waals surface area contributed by atoms with Gasteiger partial charge in [-0.2, -0.15) is 10.2 Å². The minimum absolute atomic E-state index is 0.0948. The molecule has 1 atom stereocenters. The number of aromatic nitrogens is 4. The van der Waals surface area contributed by atoms with E-state index in [0.29, 0.717) is 23.8 Å². The molecule has 3 heterocycles. The fourth-order valence-electron chi connectivity index (χ4n) is 4.32. The summed E-state index contributed by atoms with van der Waals surface area (Å²) in [5, 5.41) is 11.5. The van der Waals surface area contributed by atoms with Crippen LogP contribution in [0.3, 0.4) is 0 Å². The van der Waals surface area contributed by atoms with Gasteiger partial charge < -0.3 is 10.2 Å². The van der Waals surface area contributed by atoms with Gasteiger partial charge in [0.05, 0.1) is 5.69 Å². The number of fused-ring (bicyclic) bond motifs is 1. The summed E-state index contributed by atoms with van der Waals surface area (Å²) in [7, 11) is 0. The predicted molar refractivity (Wildman–Crippen MR) is 120 cm³/mol. The van der Waals surface area contributed by atoms with Crippen molar-refractivity contribution in [1.82, 2.24) is 29.6 Å². The number of nitrogens with zero attached hydrogens (tertiary/aromatic N) is 5. The van der Waals surface area contributed by atoms with Crippen LogP contribution < -0.4 is 10.9 Å². The molecule has 1 N–H and O–H groups in total. The van der Waals surface area contributed by atoms with Crippen molar-refractivity contribution >= 4 is 11.4 Å². The number of hydrogen-bond acceptors (Lipinski definition) is 5. The van der Waals surface area contributed by atoms with Crippen molar-refractivity contribution in [2.45, 2.75) is 51.6 Å². The number of carbonyl (C=O) groups is 1. The van der Waals surface area contributed by atoms with Gasteiger partial charge in [0, 0.05) is 24.7 Å². The smallest absolute Gasteiger partial charge is 0.293 e. The van der Waals surface area contributed by atoms with Crippen LogP contribution in [-0.4, -0.2) is 55.9 Å². The van der Waals surface area contributed by atoms with Crippen molar-refractivity contribution in [1.29, 1.82) is 0 Å². The summed E-state index contributed by atoms with van der Waals surface area (Å²) in [6, 6.07) is 12.1. The van der Waals surface area contributed by atoms with Crippen LogP contribution in [0.25, 0.3) is 16.8 Å². The molecule has 1 saturated heterocycles. The number of rotatable bonds is 8. The van der Waals surface area contributed by atoms with Crippen LogP contribution in [0.5, 0.6) is 0 Å². The third-order valence-electron chi connectivity index (χ3n) is 6.02. The normalized spacial score (nSPS) is 17.1. The van der Waals surface area contributed by atoms with E-state index in [1.807, 2.05) is 30.3 Å². The third kappa shape index (κ3) is 5.02. The maximum absolute atomic E-state index is 12.8. The topological polar surface area (TPSA) is 84.5 Å². The highest BCUT2D eigenvalue weighted by molar-refractivity contribution is 5.75. The number of amides is 1. The van der Waals surface area contributed by atoms with Gasteiger partial charge >= 0.3 is 0 Å². The summed E-state index contributed by atoms with van der Waals surface area (Å²) < 4.78 is 2.65. The van der Waals surface area contributed by atoms with E-state index in [0.717, 1.165) is 25.1 Å². The average molecular weight is 423 g/mol. The van der Waals surface area contributed by atoms with Crippen LogP contribution >= 0.6 is 0 Å². The standard InChI is InChI=1S/C23H30N6O2/c1-2-19-11-6-7-13-27(19)14-8-12-24-22(30)16-28-23(31)21-15-20(26-29(21)17-25-28)18-9-4-3-5-10-18/h3-5,9-10,15,17,19H,2,6-8,11-14,16H2,1H3,(H,24,30)/t19-/m0/s1. The fraction of sp³-hybridized carbons (Fsp3) is 0.478. The molecule has 0 aliphatic carbocycles. The minimum Gasteiger partial charge on any atom is -0.354 e. The van der Waals surface area contributed by atoms with E-state index in [-0.39, 0.29) is 18.0 Å². The molecule has 164 valence electrons. The van der Waals surface area contributed by atoms with Gasteiger partial charge in [-0.05, 0) is 38.3 Å². The van der Waals surface area contributed by atoms with E-state index < -0.39 is 0 Å². The maximum atomic E-state index is 12.8. The second-order valence-corrected chi connectivity index (χ2v) is 8.12. The second-order valence-electron chi connectivity index (χ2n) is 8.12. The lowest BCUT2D eigenvalue weighted by atomic mass is 10.00. The van der Waals surface area contributed by atoms with Gasteiger partial charge in [0.25, 0.3) is 5.56 Å². The van der Waals surface area contributed by atoms with Crippen LogP contribution in [0, 0.1) is 0 Å². The highest BCUT2D eigenvalue weighted by atomic mass is 16.2. The average Bonchev–Trinajstić information content (AvgIpc) is 3.25. The van der Waals surface area contributed by atoms with Crippen LogP contribution in [0.1, 0.15) is 39.0 Å². The van der Waals surface area contributed by atoms with Gasteiger partial charge in [0.15, 0.2) is 0 Å². The van der Waals surface area contributed by atoms with Gasteiger partial charge in [-0.15, -0.1) is 0 Å². The first-order chi connectivity index (χ1) is 15.2. The van der Waals surface area contributed by atoms with Gasteiger partial charge in [-0.3, -0.25) is 9.59 Å². The molecule has 1 aromatic carbocycles. The van der Waals surface area contributed by atoms with Crippen molar-refractivity contribution in [2.24, 2.45) is 0 Å². The van der Waals surface area contributed by atoms with Crippen LogP contribution in [0.15, 0.2) is 47.5 Å². The molecule has 8 heteroatoms. The summed E-state index contributed by atoms with van der Waals surface area (Å²) in [5.74, 6) is -0.201. The highest BCUT2D eigenvalue weighted by Gasteiger charge is 2.20. The summed E-state index contributed by atoms with van der Waals surface area (Å²) >= 11 is 0. The van der Waals surface area contributed by atoms with E-state index in [1.54, 1.807) is 6.07 Å². The molecule has 0 bridgehead atoms. The van der Waals surface area contributed by atoms with E-state index in [4.69, 9.17) is 0 Å². The quantitative estimate of drug-likeness (QED) is 0.563. The molecule has 0 radical (unpaired) electrons. The molecular weight excluding hydrogens is 392 g/mol. The molecule has 8 nitrogen and oxygen atoms in total. The van der Waals surface area contributed by atoms with Gasteiger partial charge in [0.1, 0.15) is 18.4 Å². The number of piperidine rings is 1. The van der Waals surface area contributed by atoms with Crippen molar-refractivity contribution in [3.05, 3.63) is 53.1 Å². The molecule has 0 saturated carbocycles. The lowest BCUT2D eigenvalue weighted by Crippen LogP contribution is -2.41. The Kier molecular flexibility index (Phi) is 6.76. The minimum atomic E-state index is -0.327. The second kappa shape index (κ2) is 9.87. The lowest BCUT2D eigenvalue weighted by Gasteiger charge is -2.35. The van der Waals surface area contributed by atoms with Crippen molar-refractivity contribution in [3.63, 3.8) is 0 Å². The summed E-state index contributed by atoms with van der Waals surface area (Å²) in [6.45, 7) is 4.91. The number of carbonyl (C=O) groups excluding carboxylic acids is 1. The maximum Gasteiger partial charge on any atom is 0.293 e. The molecule has 31 heavy (non-hydrogen) atoms. The Morgan fingerprint density at radius 3 is 2.87 bits per heavy atom. The zero-order valence-electron chi connectivity index (χ0n) is 18.0. The number of hydrogen-bond donors (Lipinski definition) is 1. The zero-order valence-corrected chi connectivity index (χ0v) is 18.0. The van der Waals surface area contributed by atoms with Crippen LogP contribution in [0.2, 0.25) is 0 Å². The van der Waals surface area contributed by atoms with E-state index in [9.17, 15) is 9.59 Å². The monoisotopic (exact) mass is 422 g/mol. The molecule has 1 amide bonds. The first kappa shape index (κ1) is 21.2. The molecule has 4 rings (SSSR count). The summed E-state index contributed by atoms with van der Waals surface area (Å²) in [6.07, 6.45) is 7.43. The first-order valence-electron chi connectivity index (χ1n) is 11.2. The van der Waals surface area contributed by atoms with E-state index in [1.165, 1.54) is 41.2 Å². The van der Waals surface area contributed by atoms with Gasteiger partial charge in [-0.1, -0.05) is 43.7 Å². The van der Waals surface area contributed by atoms with Crippen molar-refractivity contribution < 1.29 is 4.79 Å². The molecule has 3 aromatic rings. The van der Waals surface area contributed by atoms with E-state index in [2.05, 4.69) is 27.3 Å². The Balaban J connectivity index is 1.33. The van der Waals surface area contributed by atoms with Crippen molar-refractivity contribution in [3.8, 4) is 11.3 Å². The molecule has 1 aliphatic heterocycles. The third-order valence-corrected chi connectivity index (χ3v) is 6.02. The van der Waals surface area contributed by atoms with E-state index >= 15 is 0 Å². The molecule has 1 fully saturated rings. The Morgan fingerprint density at radius 2 is 2.06 bits per heavy atom. The SMILES string of the molecule is CC[C@H]1CCCCN1CCCNC(=O)Cn1ncn2nc(-c3ccccc3)cc2c1=O. The molecule has 0 unspecified atom stereocenters. The van der Waals surface area contributed by atoms with Crippen molar-refractivity contribution in [2.75, 3.05) is 19.6 Å². The largest absolute Gasteiger partial charge is 0.354 e. The molecule has 0 spiro atoms. The number of benzene rings is 1. The Hall–Kier alpha value is -3.00. The Bertz CT molecular complexity index is 1070. The molecular formula is C23H30N6O2. The Morgan fingerprint density at radius 1 is 1.23 bits per heavy atom. The number of likely N-dealkylation sites (tertiary alicyclic amines) is 1.